The second-order valence-corrected chi connectivity index (χ2v) is 8.07. The van der Waals surface area contributed by atoms with Gasteiger partial charge >= 0.3 is 5.97 Å². The Labute approximate surface area is 171 Å². The maximum Gasteiger partial charge on any atom is 0.303 e. The standard InChI is InChI=1S/C22H28O2S2/c23-22(24)14-8-7-13-21(26-18-20-11-5-2-6-12-20)15-16-25-17-19-9-3-1-4-10-19/h1-6,9-12,21H,7-8,13-18H2,(H,23,24)/i8D2,17D2. The van der Waals surface area contributed by atoms with Crippen molar-refractivity contribution in [2.45, 2.75) is 48.8 Å². The Morgan fingerprint density at radius 3 is 2.31 bits per heavy atom. The zero-order valence-electron chi connectivity index (χ0n) is 18.8. The summed E-state index contributed by atoms with van der Waals surface area (Å²) in [5.74, 6) is 0.278. The van der Waals surface area contributed by atoms with Crippen LogP contribution < -0.4 is 0 Å². The minimum atomic E-state index is -1.73. The molecular weight excluding hydrogens is 360 g/mol. The molecule has 0 fully saturated rings. The van der Waals surface area contributed by atoms with Crippen molar-refractivity contribution in [3.05, 3.63) is 71.8 Å². The molecule has 26 heavy (non-hydrogen) atoms. The van der Waals surface area contributed by atoms with Crippen molar-refractivity contribution in [2.24, 2.45) is 0 Å². The van der Waals surface area contributed by atoms with E-state index in [4.69, 9.17) is 10.6 Å². The quantitative estimate of drug-likeness (QED) is 0.437. The molecule has 0 heterocycles. The van der Waals surface area contributed by atoms with Crippen LogP contribution in [0.4, 0.5) is 0 Å². The molecule has 0 aromatic heterocycles. The molecule has 1 unspecified atom stereocenters. The van der Waals surface area contributed by atoms with Crippen LogP contribution in [0, 0.1) is 0 Å². The summed E-state index contributed by atoms with van der Waals surface area (Å²) in [6.07, 6.45) is -0.746. The number of hydrogen-bond acceptors (Lipinski definition) is 3. The maximum atomic E-state index is 10.9. The lowest BCUT2D eigenvalue weighted by Gasteiger charge is -2.16. The van der Waals surface area contributed by atoms with Crippen molar-refractivity contribution >= 4 is 29.5 Å². The van der Waals surface area contributed by atoms with Crippen molar-refractivity contribution in [1.82, 2.24) is 0 Å². The van der Waals surface area contributed by atoms with E-state index < -0.39 is 24.5 Å². The lowest BCUT2D eigenvalue weighted by atomic mass is 10.1. The zero-order chi connectivity index (χ0) is 22.0. The summed E-state index contributed by atoms with van der Waals surface area (Å²) < 4.78 is 32.5. The summed E-state index contributed by atoms with van der Waals surface area (Å²) in [5, 5.41) is 9.05. The van der Waals surface area contributed by atoms with E-state index in [2.05, 4.69) is 12.1 Å². The first-order chi connectivity index (χ1) is 14.2. The van der Waals surface area contributed by atoms with E-state index in [1.165, 1.54) is 17.3 Å². The molecule has 1 atom stereocenters. The van der Waals surface area contributed by atoms with Gasteiger partial charge < -0.3 is 5.11 Å². The highest BCUT2D eigenvalue weighted by Gasteiger charge is 2.10. The van der Waals surface area contributed by atoms with Crippen molar-refractivity contribution in [3.63, 3.8) is 0 Å². The Morgan fingerprint density at radius 2 is 1.65 bits per heavy atom. The van der Waals surface area contributed by atoms with Crippen molar-refractivity contribution in [2.75, 3.05) is 5.75 Å². The van der Waals surface area contributed by atoms with E-state index in [9.17, 15) is 4.79 Å². The van der Waals surface area contributed by atoms with Gasteiger partial charge in [-0.2, -0.15) is 23.5 Å². The number of carbonyl (C=O) groups is 1. The summed E-state index contributed by atoms with van der Waals surface area (Å²) in [6, 6.07) is 19.1. The van der Waals surface area contributed by atoms with Gasteiger partial charge in [-0.3, -0.25) is 4.79 Å². The summed E-state index contributed by atoms with van der Waals surface area (Å²) in [6.45, 7) is 0. The van der Waals surface area contributed by atoms with Crippen molar-refractivity contribution in [3.8, 4) is 0 Å². The predicted molar refractivity (Wildman–Crippen MR) is 115 cm³/mol. The third kappa shape index (κ3) is 9.35. The first-order valence-corrected chi connectivity index (χ1v) is 10.8. The monoisotopic (exact) mass is 392 g/mol. The second-order valence-electron chi connectivity index (χ2n) is 5.88. The third-order valence-electron chi connectivity index (χ3n) is 3.75. The number of thioether (sulfide) groups is 2. The third-order valence-corrected chi connectivity index (χ3v) is 6.02. The summed E-state index contributed by atoms with van der Waals surface area (Å²) >= 11 is 2.99. The van der Waals surface area contributed by atoms with Crippen molar-refractivity contribution < 1.29 is 15.4 Å². The van der Waals surface area contributed by atoms with Gasteiger partial charge in [0, 0.05) is 28.6 Å². The number of carboxylic acid groups (broad SMARTS) is 1. The molecule has 140 valence electrons. The van der Waals surface area contributed by atoms with Crippen LogP contribution >= 0.6 is 23.5 Å². The van der Waals surface area contributed by atoms with Gasteiger partial charge in [0.25, 0.3) is 0 Å². The van der Waals surface area contributed by atoms with Gasteiger partial charge in [0.2, 0.25) is 0 Å². The van der Waals surface area contributed by atoms with Crippen LogP contribution in [-0.4, -0.2) is 22.1 Å². The fourth-order valence-electron chi connectivity index (χ4n) is 2.39. The molecule has 0 aliphatic heterocycles. The molecule has 2 nitrogen and oxygen atoms in total. The molecule has 0 bridgehead atoms. The minimum Gasteiger partial charge on any atom is -0.481 e. The molecule has 0 saturated heterocycles. The topological polar surface area (TPSA) is 37.3 Å². The van der Waals surface area contributed by atoms with Crippen molar-refractivity contribution in [1.29, 1.82) is 0 Å². The summed E-state index contributed by atoms with van der Waals surface area (Å²) in [7, 11) is 0. The number of benzene rings is 2. The molecule has 0 aliphatic carbocycles. The van der Waals surface area contributed by atoms with E-state index in [1.807, 2.05) is 36.4 Å². The van der Waals surface area contributed by atoms with Crippen LogP contribution in [0.2, 0.25) is 0 Å². The van der Waals surface area contributed by atoms with Crippen LogP contribution in [0.25, 0.3) is 0 Å². The van der Waals surface area contributed by atoms with Gasteiger partial charge in [0.1, 0.15) is 0 Å². The number of aliphatic carboxylic acids is 1. The highest BCUT2D eigenvalue weighted by atomic mass is 32.2. The van der Waals surface area contributed by atoms with Gasteiger partial charge in [-0.05, 0) is 36.1 Å². The van der Waals surface area contributed by atoms with Gasteiger partial charge in [-0.15, -0.1) is 0 Å². The highest BCUT2D eigenvalue weighted by Crippen LogP contribution is 2.27. The molecular formula is C22H28O2S2. The fourth-order valence-corrected chi connectivity index (χ4v) is 4.53. The Hall–Kier alpha value is -1.39. The van der Waals surface area contributed by atoms with E-state index in [1.54, 1.807) is 23.9 Å². The summed E-state index contributed by atoms with van der Waals surface area (Å²) in [4.78, 5) is 10.9. The largest absolute Gasteiger partial charge is 0.481 e. The molecule has 2 aromatic carbocycles. The normalized spacial score (nSPS) is 15.4. The second kappa shape index (κ2) is 12.9. The highest BCUT2D eigenvalue weighted by molar-refractivity contribution is 7.99. The Kier molecular flexibility index (Phi) is 7.75. The number of hydrogen-bond donors (Lipinski definition) is 1. The van der Waals surface area contributed by atoms with E-state index in [0.717, 1.165) is 12.2 Å². The van der Waals surface area contributed by atoms with Crippen LogP contribution in [0.15, 0.2) is 60.7 Å². The van der Waals surface area contributed by atoms with Gasteiger partial charge in [0.05, 0.1) is 0 Å². The van der Waals surface area contributed by atoms with E-state index >= 15 is 0 Å². The summed E-state index contributed by atoms with van der Waals surface area (Å²) in [5.41, 5.74) is 0.350. The van der Waals surface area contributed by atoms with E-state index in [0.29, 0.717) is 17.7 Å². The van der Waals surface area contributed by atoms with Gasteiger partial charge in [0.15, 0.2) is 0 Å². The molecule has 0 saturated carbocycles. The van der Waals surface area contributed by atoms with Gasteiger partial charge in [-0.1, -0.05) is 67.1 Å². The van der Waals surface area contributed by atoms with Crippen LogP contribution in [0.1, 0.15) is 48.7 Å². The molecule has 0 amide bonds. The molecule has 4 heteroatoms. The average molecular weight is 393 g/mol. The molecule has 0 radical (unpaired) electrons. The Bertz CT molecular complexity index is 773. The maximum absolute atomic E-state index is 10.9. The van der Waals surface area contributed by atoms with Gasteiger partial charge in [-0.25, -0.2) is 0 Å². The van der Waals surface area contributed by atoms with Crippen LogP contribution in [0.5, 0.6) is 0 Å². The SMILES string of the molecule is [2H]C([2H])(CCC(CCSC([2H])([2H])c1ccccc1)SCc1ccccc1)CC(=O)O. The smallest absolute Gasteiger partial charge is 0.303 e. The van der Waals surface area contributed by atoms with Crippen LogP contribution in [-0.2, 0) is 16.3 Å². The zero-order valence-corrected chi connectivity index (χ0v) is 16.4. The molecule has 2 rings (SSSR count). The number of rotatable bonds is 13. The number of carboxylic acids is 1. The molecule has 1 N–H and O–H groups in total. The lowest BCUT2D eigenvalue weighted by molar-refractivity contribution is -0.137. The molecule has 2 aromatic rings. The Morgan fingerprint density at radius 1 is 1.00 bits per heavy atom. The molecule has 0 aliphatic rings. The average Bonchev–Trinajstić information content (AvgIpc) is 2.70. The Balaban J connectivity index is 1.93. The van der Waals surface area contributed by atoms with E-state index in [-0.39, 0.29) is 11.7 Å². The first-order valence-electron chi connectivity index (χ1n) is 10.7. The molecule has 0 spiro atoms. The first kappa shape index (κ1) is 15.6. The van der Waals surface area contributed by atoms with Crippen LogP contribution in [0.3, 0.4) is 0 Å². The minimum absolute atomic E-state index is 0.133. The fraction of sp³-hybridized carbons (Fsp3) is 0.409. The predicted octanol–water partition coefficient (Wildman–Crippen LogP) is 6.26. The lowest BCUT2D eigenvalue weighted by Crippen LogP contribution is -2.06.